The number of hydrogen-bond donors (Lipinski definition) is 0. The van der Waals surface area contributed by atoms with E-state index in [1.54, 1.807) is 0 Å². The van der Waals surface area contributed by atoms with E-state index in [4.69, 9.17) is 4.74 Å². The first-order valence-electron chi connectivity index (χ1n) is 8.47. The molecule has 2 nitrogen and oxygen atoms in total. The Morgan fingerprint density at radius 1 is 1.19 bits per heavy atom. The molecule has 0 N–H and O–H groups in total. The van der Waals surface area contributed by atoms with E-state index in [0.717, 1.165) is 18.8 Å². The zero-order valence-corrected chi connectivity index (χ0v) is 14.9. The molecule has 3 heteroatoms. The first-order chi connectivity index (χ1) is 10.3. The third-order valence-electron chi connectivity index (χ3n) is 3.56. The predicted molar refractivity (Wildman–Crippen MR) is 94.1 cm³/mol. The van der Waals surface area contributed by atoms with Crippen molar-refractivity contribution in [2.75, 3.05) is 13.2 Å². The highest BCUT2D eigenvalue weighted by Gasteiger charge is 2.18. The van der Waals surface area contributed by atoms with Crippen LogP contribution in [0.1, 0.15) is 59.8 Å². The molecule has 0 radical (unpaired) electrons. The van der Waals surface area contributed by atoms with Gasteiger partial charge in [0.2, 0.25) is 0 Å². The molecule has 1 atom stereocenters. The summed E-state index contributed by atoms with van der Waals surface area (Å²) in [5, 5.41) is 0. The van der Waals surface area contributed by atoms with Gasteiger partial charge in [0.15, 0.2) is 0 Å². The number of nitrogens with zero attached hydrogens (tertiary/aromatic N) is 1. The molecule has 0 aliphatic carbocycles. The standard InChI is InChI=1S/C16H25NOS.C2H6/c1-3-4-13-18-15-8-10-16(11-9-15)19-17-12-6-5-7-14(17)2;1-2/h8-11,14H,3-7,12-13H2,1-2H3;1-2H3. The summed E-state index contributed by atoms with van der Waals surface area (Å²) in [6, 6.07) is 9.22. The lowest BCUT2D eigenvalue weighted by Gasteiger charge is -2.31. The van der Waals surface area contributed by atoms with Crippen molar-refractivity contribution in [2.45, 2.75) is 70.7 Å². The SMILES string of the molecule is CC.CCCCOc1ccc(SN2CCCCC2C)cc1. The van der Waals surface area contributed by atoms with Gasteiger partial charge in [-0.1, -0.05) is 33.6 Å². The second-order valence-corrected chi connectivity index (χ2v) is 6.37. The zero-order chi connectivity index (χ0) is 15.5. The molecule has 21 heavy (non-hydrogen) atoms. The molecule has 0 aromatic heterocycles. The first kappa shape index (κ1) is 18.4. The number of piperidine rings is 1. The Kier molecular flexibility index (Phi) is 9.60. The van der Waals surface area contributed by atoms with Gasteiger partial charge in [0.25, 0.3) is 0 Å². The van der Waals surface area contributed by atoms with Gasteiger partial charge in [-0.25, -0.2) is 4.31 Å². The molecule has 1 aromatic rings. The summed E-state index contributed by atoms with van der Waals surface area (Å²) in [7, 11) is 0. The summed E-state index contributed by atoms with van der Waals surface area (Å²) in [4.78, 5) is 1.32. The van der Waals surface area contributed by atoms with E-state index in [1.807, 2.05) is 25.8 Å². The van der Waals surface area contributed by atoms with Crippen molar-refractivity contribution in [3.8, 4) is 5.75 Å². The Morgan fingerprint density at radius 2 is 1.90 bits per heavy atom. The Morgan fingerprint density at radius 3 is 2.52 bits per heavy atom. The highest BCUT2D eigenvalue weighted by atomic mass is 32.2. The maximum Gasteiger partial charge on any atom is 0.119 e. The van der Waals surface area contributed by atoms with Crippen LogP contribution in [0.15, 0.2) is 29.2 Å². The molecule has 1 saturated heterocycles. The first-order valence-corrected chi connectivity index (χ1v) is 9.24. The molecule has 1 unspecified atom stereocenters. The van der Waals surface area contributed by atoms with Crippen molar-refractivity contribution in [1.82, 2.24) is 4.31 Å². The van der Waals surface area contributed by atoms with Gasteiger partial charge in [-0.05, 0) is 62.4 Å². The third kappa shape index (κ3) is 6.75. The van der Waals surface area contributed by atoms with Crippen LogP contribution in [0.2, 0.25) is 0 Å². The number of ether oxygens (including phenoxy) is 1. The second-order valence-electron chi connectivity index (χ2n) is 5.25. The van der Waals surface area contributed by atoms with Gasteiger partial charge >= 0.3 is 0 Å². The fourth-order valence-corrected chi connectivity index (χ4v) is 3.31. The van der Waals surface area contributed by atoms with Crippen LogP contribution in [-0.2, 0) is 0 Å². The van der Waals surface area contributed by atoms with E-state index in [2.05, 4.69) is 42.4 Å². The Hall–Kier alpha value is -0.670. The van der Waals surface area contributed by atoms with Crippen LogP contribution in [0, 0.1) is 0 Å². The third-order valence-corrected chi connectivity index (χ3v) is 4.81. The summed E-state index contributed by atoms with van der Waals surface area (Å²) in [5.41, 5.74) is 0. The molecule has 0 spiro atoms. The van der Waals surface area contributed by atoms with Gasteiger partial charge in [0.1, 0.15) is 5.75 Å². The fraction of sp³-hybridized carbons (Fsp3) is 0.667. The van der Waals surface area contributed by atoms with Crippen LogP contribution in [0.5, 0.6) is 5.75 Å². The molecule has 0 saturated carbocycles. The lowest BCUT2D eigenvalue weighted by Crippen LogP contribution is -2.31. The van der Waals surface area contributed by atoms with Gasteiger partial charge in [0, 0.05) is 17.5 Å². The van der Waals surface area contributed by atoms with Crippen LogP contribution in [-0.4, -0.2) is 23.5 Å². The van der Waals surface area contributed by atoms with E-state index in [1.165, 1.54) is 37.1 Å². The molecular formula is C18H31NOS. The molecule has 1 heterocycles. The van der Waals surface area contributed by atoms with Crippen molar-refractivity contribution < 1.29 is 4.74 Å². The summed E-state index contributed by atoms with van der Waals surface area (Å²) in [6.45, 7) is 10.5. The fourth-order valence-electron chi connectivity index (χ4n) is 2.27. The molecule has 1 aromatic carbocycles. The van der Waals surface area contributed by atoms with Crippen molar-refractivity contribution in [2.24, 2.45) is 0 Å². The number of benzene rings is 1. The smallest absolute Gasteiger partial charge is 0.119 e. The molecule has 1 aliphatic heterocycles. The highest BCUT2D eigenvalue weighted by molar-refractivity contribution is 7.97. The van der Waals surface area contributed by atoms with E-state index in [0.29, 0.717) is 6.04 Å². The molecule has 120 valence electrons. The number of hydrogen-bond acceptors (Lipinski definition) is 3. The van der Waals surface area contributed by atoms with Crippen molar-refractivity contribution in [1.29, 1.82) is 0 Å². The zero-order valence-electron chi connectivity index (χ0n) is 14.1. The minimum Gasteiger partial charge on any atom is -0.494 e. The van der Waals surface area contributed by atoms with E-state index in [9.17, 15) is 0 Å². The monoisotopic (exact) mass is 309 g/mol. The molecule has 2 rings (SSSR count). The van der Waals surface area contributed by atoms with Crippen molar-refractivity contribution in [3.05, 3.63) is 24.3 Å². The van der Waals surface area contributed by atoms with Crippen LogP contribution < -0.4 is 4.74 Å². The van der Waals surface area contributed by atoms with E-state index >= 15 is 0 Å². The summed E-state index contributed by atoms with van der Waals surface area (Å²) < 4.78 is 8.20. The average Bonchev–Trinajstić information content (AvgIpc) is 2.53. The summed E-state index contributed by atoms with van der Waals surface area (Å²) in [6.07, 6.45) is 6.34. The largest absolute Gasteiger partial charge is 0.494 e. The topological polar surface area (TPSA) is 12.5 Å². The number of unbranched alkanes of at least 4 members (excludes halogenated alkanes) is 1. The lowest BCUT2D eigenvalue weighted by molar-refractivity contribution is 0.292. The number of rotatable bonds is 6. The molecule has 0 amide bonds. The van der Waals surface area contributed by atoms with Gasteiger partial charge in [-0.3, -0.25) is 0 Å². The Balaban J connectivity index is 0.00000106. The van der Waals surface area contributed by atoms with Crippen LogP contribution in [0.3, 0.4) is 0 Å². The van der Waals surface area contributed by atoms with Crippen LogP contribution >= 0.6 is 11.9 Å². The minimum absolute atomic E-state index is 0.694. The lowest BCUT2D eigenvalue weighted by atomic mass is 10.1. The van der Waals surface area contributed by atoms with E-state index in [-0.39, 0.29) is 0 Å². The molecular weight excluding hydrogens is 278 g/mol. The van der Waals surface area contributed by atoms with Crippen LogP contribution in [0.4, 0.5) is 0 Å². The van der Waals surface area contributed by atoms with Gasteiger partial charge in [-0.2, -0.15) is 0 Å². The maximum atomic E-state index is 5.69. The normalized spacial score (nSPS) is 18.8. The van der Waals surface area contributed by atoms with Gasteiger partial charge in [-0.15, -0.1) is 0 Å². The van der Waals surface area contributed by atoms with Gasteiger partial charge in [0.05, 0.1) is 6.61 Å². The molecule has 0 bridgehead atoms. The quantitative estimate of drug-likeness (QED) is 0.488. The maximum absolute atomic E-state index is 5.69. The Labute approximate surface area is 135 Å². The van der Waals surface area contributed by atoms with Gasteiger partial charge < -0.3 is 4.74 Å². The second kappa shape index (κ2) is 11.0. The summed E-state index contributed by atoms with van der Waals surface area (Å²) >= 11 is 1.89. The average molecular weight is 310 g/mol. The highest BCUT2D eigenvalue weighted by Crippen LogP contribution is 2.30. The van der Waals surface area contributed by atoms with Crippen LogP contribution in [0.25, 0.3) is 0 Å². The summed E-state index contributed by atoms with van der Waals surface area (Å²) in [5.74, 6) is 0.990. The molecule has 1 fully saturated rings. The van der Waals surface area contributed by atoms with Crippen molar-refractivity contribution in [3.63, 3.8) is 0 Å². The Bertz CT molecular complexity index is 366. The van der Waals surface area contributed by atoms with Crippen molar-refractivity contribution >= 4 is 11.9 Å². The predicted octanol–water partition coefficient (Wildman–Crippen LogP) is 5.77. The molecule has 1 aliphatic rings. The minimum atomic E-state index is 0.694. The van der Waals surface area contributed by atoms with E-state index < -0.39 is 0 Å².